The number of aliphatic hydroxyl groups excluding tert-OH is 1. The Morgan fingerprint density at radius 1 is 1.08 bits per heavy atom. The molecule has 3 N–H and O–H groups in total. The lowest BCUT2D eigenvalue weighted by Crippen LogP contribution is -2.41. The van der Waals surface area contributed by atoms with Crippen molar-refractivity contribution < 1.29 is 24.6 Å². The third-order valence-electron chi connectivity index (χ3n) is 5.34. The maximum absolute atomic E-state index is 12.1. The second-order valence-corrected chi connectivity index (χ2v) is 7.27. The molecular weight excluding hydrogens is 324 g/mol. The van der Waals surface area contributed by atoms with Crippen molar-refractivity contribution in [3.05, 3.63) is 0 Å². The van der Waals surface area contributed by atoms with E-state index in [1.54, 1.807) is 4.90 Å². The van der Waals surface area contributed by atoms with Gasteiger partial charge in [-0.15, -0.1) is 0 Å². The first-order valence-electron chi connectivity index (χ1n) is 9.50. The SMILES string of the molecule is O=C(O)CCCCCCC1C(=O)NC(=O)N1CC1CCCCCC1O. The molecule has 1 saturated carbocycles. The largest absolute Gasteiger partial charge is 0.481 e. The molecule has 25 heavy (non-hydrogen) atoms. The number of imide groups is 1. The molecule has 0 aromatic rings. The van der Waals surface area contributed by atoms with E-state index >= 15 is 0 Å². The van der Waals surface area contributed by atoms with E-state index in [1.807, 2.05) is 0 Å². The number of nitrogens with one attached hydrogen (secondary N) is 1. The molecule has 2 aliphatic rings. The van der Waals surface area contributed by atoms with Crippen molar-refractivity contribution in [2.75, 3.05) is 6.54 Å². The number of aliphatic carboxylic acids is 1. The lowest BCUT2D eigenvalue weighted by atomic mass is 9.95. The quantitative estimate of drug-likeness (QED) is 0.334. The summed E-state index contributed by atoms with van der Waals surface area (Å²) in [7, 11) is 0. The van der Waals surface area contributed by atoms with E-state index in [2.05, 4.69) is 5.32 Å². The summed E-state index contributed by atoms with van der Waals surface area (Å²) in [6, 6.07) is -0.806. The van der Waals surface area contributed by atoms with E-state index in [4.69, 9.17) is 5.11 Å². The van der Waals surface area contributed by atoms with Gasteiger partial charge < -0.3 is 15.1 Å². The van der Waals surface area contributed by atoms with Crippen LogP contribution in [-0.2, 0) is 9.59 Å². The zero-order valence-corrected chi connectivity index (χ0v) is 14.8. The van der Waals surface area contributed by atoms with Crippen molar-refractivity contribution in [1.82, 2.24) is 10.2 Å². The molecule has 2 rings (SSSR count). The number of carboxylic acids is 1. The molecule has 1 aliphatic carbocycles. The van der Waals surface area contributed by atoms with Crippen molar-refractivity contribution in [2.45, 2.75) is 82.8 Å². The third-order valence-corrected chi connectivity index (χ3v) is 5.34. The number of carbonyl (C=O) groups is 3. The summed E-state index contributed by atoms with van der Waals surface area (Å²) in [5.74, 6) is -0.996. The summed E-state index contributed by atoms with van der Waals surface area (Å²) in [5.41, 5.74) is 0. The number of hydrogen-bond donors (Lipinski definition) is 3. The van der Waals surface area contributed by atoms with Gasteiger partial charge in [0.15, 0.2) is 0 Å². The first-order chi connectivity index (χ1) is 12.0. The van der Waals surface area contributed by atoms with Gasteiger partial charge in [-0.2, -0.15) is 0 Å². The molecule has 0 spiro atoms. The lowest BCUT2D eigenvalue weighted by Gasteiger charge is -2.28. The first-order valence-corrected chi connectivity index (χ1v) is 9.50. The molecule has 7 heteroatoms. The molecule has 1 aliphatic heterocycles. The van der Waals surface area contributed by atoms with Crippen molar-refractivity contribution in [3.63, 3.8) is 0 Å². The number of nitrogens with zero attached hydrogens (tertiary/aromatic N) is 1. The van der Waals surface area contributed by atoms with Gasteiger partial charge in [-0.1, -0.05) is 38.5 Å². The van der Waals surface area contributed by atoms with Crippen molar-refractivity contribution in [3.8, 4) is 0 Å². The molecule has 1 saturated heterocycles. The molecule has 0 radical (unpaired) electrons. The van der Waals surface area contributed by atoms with Crippen LogP contribution in [0.3, 0.4) is 0 Å². The number of amides is 3. The summed E-state index contributed by atoms with van der Waals surface area (Å²) in [5, 5.41) is 21.3. The van der Waals surface area contributed by atoms with Crippen LogP contribution in [0.5, 0.6) is 0 Å². The van der Waals surface area contributed by atoms with E-state index < -0.39 is 18.1 Å². The summed E-state index contributed by atoms with van der Waals surface area (Å²) in [6.45, 7) is 0.433. The number of carbonyl (C=O) groups excluding carboxylic acids is 2. The molecule has 0 aromatic carbocycles. The third kappa shape index (κ3) is 5.99. The van der Waals surface area contributed by atoms with E-state index in [0.717, 1.165) is 51.4 Å². The van der Waals surface area contributed by atoms with Gasteiger partial charge in [0.25, 0.3) is 5.91 Å². The van der Waals surface area contributed by atoms with Crippen molar-refractivity contribution in [2.24, 2.45) is 5.92 Å². The topological polar surface area (TPSA) is 107 Å². The smallest absolute Gasteiger partial charge is 0.324 e. The van der Waals surface area contributed by atoms with Crippen molar-refractivity contribution >= 4 is 17.9 Å². The zero-order chi connectivity index (χ0) is 18.2. The number of hydrogen-bond acceptors (Lipinski definition) is 4. The molecule has 1 heterocycles. The minimum atomic E-state index is -0.783. The standard InChI is InChI=1S/C18H30N2O5/c21-15-10-6-3-4-8-13(15)12-20-14(17(24)19-18(20)25)9-5-1-2-7-11-16(22)23/h13-15,21H,1-12H2,(H,22,23)(H,19,24,25). The minimum Gasteiger partial charge on any atom is -0.481 e. The molecule has 3 amide bonds. The fourth-order valence-corrected chi connectivity index (χ4v) is 3.84. The highest BCUT2D eigenvalue weighted by molar-refractivity contribution is 6.04. The van der Waals surface area contributed by atoms with Gasteiger partial charge in [-0.05, 0) is 25.7 Å². The molecule has 142 valence electrons. The number of aliphatic hydroxyl groups is 1. The van der Waals surface area contributed by atoms with E-state index in [0.29, 0.717) is 19.4 Å². The molecule has 2 fully saturated rings. The Kier molecular flexibility index (Phi) is 7.68. The summed E-state index contributed by atoms with van der Waals surface area (Å²) < 4.78 is 0. The van der Waals surface area contributed by atoms with E-state index in [9.17, 15) is 19.5 Å². The Bertz CT molecular complexity index is 482. The van der Waals surface area contributed by atoms with Crippen LogP contribution in [0, 0.1) is 5.92 Å². The van der Waals surface area contributed by atoms with Gasteiger partial charge in [0.2, 0.25) is 0 Å². The van der Waals surface area contributed by atoms with E-state index in [-0.39, 0.29) is 24.3 Å². The van der Waals surface area contributed by atoms with Crippen LogP contribution in [0.2, 0.25) is 0 Å². The van der Waals surface area contributed by atoms with Crippen LogP contribution in [0.1, 0.15) is 70.6 Å². The van der Waals surface area contributed by atoms with Gasteiger partial charge in [0, 0.05) is 18.9 Å². The fourth-order valence-electron chi connectivity index (χ4n) is 3.84. The molecule has 0 bridgehead atoms. The second kappa shape index (κ2) is 9.75. The van der Waals surface area contributed by atoms with Gasteiger partial charge in [0.05, 0.1) is 6.10 Å². The average Bonchev–Trinajstić information content (AvgIpc) is 2.70. The van der Waals surface area contributed by atoms with Crippen LogP contribution >= 0.6 is 0 Å². The van der Waals surface area contributed by atoms with Gasteiger partial charge >= 0.3 is 12.0 Å². The highest BCUT2D eigenvalue weighted by Crippen LogP contribution is 2.27. The normalized spacial score (nSPS) is 27.2. The number of carboxylic acid groups (broad SMARTS) is 1. The summed E-state index contributed by atoms with van der Waals surface area (Å²) in [4.78, 5) is 36.3. The molecular formula is C18H30N2O5. The van der Waals surface area contributed by atoms with Crippen molar-refractivity contribution in [1.29, 1.82) is 0 Å². The molecule has 3 atom stereocenters. The Balaban J connectivity index is 1.81. The summed E-state index contributed by atoms with van der Waals surface area (Å²) in [6.07, 6.45) is 8.30. The maximum Gasteiger partial charge on any atom is 0.324 e. The summed E-state index contributed by atoms with van der Waals surface area (Å²) >= 11 is 0. The van der Waals surface area contributed by atoms with Crippen LogP contribution in [0.4, 0.5) is 4.79 Å². The van der Waals surface area contributed by atoms with Crippen LogP contribution in [0.15, 0.2) is 0 Å². The van der Waals surface area contributed by atoms with Gasteiger partial charge in [0.1, 0.15) is 6.04 Å². The maximum atomic E-state index is 12.1. The predicted octanol–water partition coefficient (Wildman–Crippen LogP) is 2.27. The fraction of sp³-hybridized carbons (Fsp3) is 0.833. The first kappa shape index (κ1) is 19.7. The molecule has 0 aromatic heterocycles. The van der Waals surface area contributed by atoms with Crippen LogP contribution in [-0.4, -0.2) is 51.7 Å². The number of unbranched alkanes of at least 4 members (excludes halogenated alkanes) is 3. The monoisotopic (exact) mass is 354 g/mol. The van der Waals surface area contributed by atoms with Crippen LogP contribution < -0.4 is 5.32 Å². The Hall–Kier alpha value is -1.63. The highest BCUT2D eigenvalue weighted by atomic mass is 16.4. The van der Waals surface area contributed by atoms with Crippen LogP contribution in [0.25, 0.3) is 0 Å². The molecule has 7 nitrogen and oxygen atoms in total. The molecule has 3 unspecified atom stereocenters. The Labute approximate surface area is 148 Å². The highest BCUT2D eigenvalue weighted by Gasteiger charge is 2.39. The second-order valence-electron chi connectivity index (χ2n) is 7.27. The lowest BCUT2D eigenvalue weighted by molar-refractivity contribution is -0.137. The predicted molar refractivity (Wildman–Crippen MR) is 92.0 cm³/mol. The van der Waals surface area contributed by atoms with Gasteiger partial charge in [-0.3, -0.25) is 14.9 Å². The Morgan fingerprint density at radius 3 is 2.56 bits per heavy atom. The average molecular weight is 354 g/mol. The minimum absolute atomic E-state index is 0.0391. The number of rotatable bonds is 9. The van der Waals surface area contributed by atoms with E-state index in [1.165, 1.54) is 0 Å². The number of urea groups is 1. The Morgan fingerprint density at radius 2 is 1.80 bits per heavy atom. The van der Waals surface area contributed by atoms with Gasteiger partial charge in [-0.25, -0.2) is 4.79 Å². The zero-order valence-electron chi connectivity index (χ0n) is 14.8.